The average molecular weight is 199 g/mol. The molecule has 1 aliphatic carbocycles. The van der Waals surface area contributed by atoms with E-state index in [1.807, 2.05) is 7.05 Å². The fraction of sp³-hybridized carbons (Fsp3) is 0.556. The van der Waals surface area contributed by atoms with Crippen molar-refractivity contribution in [1.82, 2.24) is 9.78 Å². The van der Waals surface area contributed by atoms with Crippen LogP contribution in [0.25, 0.3) is 0 Å². The highest BCUT2D eigenvalue weighted by Crippen LogP contribution is 2.34. The Morgan fingerprint density at radius 2 is 2.46 bits per heavy atom. The molecule has 1 unspecified atom stereocenters. The first-order valence-corrected chi connectivity index (χ1v) is 4.78. The third-order valence-corrected chi connectivity index (χ3v) is 2.86. The highest BCUT2D eigenvalue weighted by molar-refractivity contribution is 6.31. The summed E-state index contributed by atoms with van der Waals surface area (Å²) in [6.07, 6.45) is 4.18. The van der Waals surface area contributed by atoms with Crippen LogP contribution in [-0.4, -0.2) is 15.6 Å². The third kappa shape index (κ3) is 1.37. The van der Waals surface area contributed by atoms with Crippen LogP contribution in [0.4, 0.5) is 0 Å². The van der Waals surface area contributed by atoms with Crippen LogP contribution >= 0.6 is 11.6 Å². The number of rotatable bonds is 1. The average Bonchev–Trinajstić information content (AvgIpc) is 2.60. The summed E-state index contributed by atoms with van der Waals surface area (Å²) in [7, 11) is 1.83. The predicted octanol–water partition coefficient (Wildman–Crippen LogP) is 1.91. The fourth-order valence-electron chi connectivity index (χ4n) is 1.92. The molecular formula is C9H11ClN2O. The van der Waals surface area contributed by atoms with Crippen LogP contribution in [-0.2, 0) is 11.8 Å². The van der Waals surface area contributed by atoms with Gasteiger partial charge in [-0.05, 0) is 12.8 Å². The van der Waals surface area contributed by atoms with Crippen LogP contribution in [0, 0.1) is 0 Å². The van der Waals surface area contributed by atoms with E-state index in [-0.39, 0.29) is 5.92 Å². The maximum absolute atomic E-state index is 11.5. The molecule has 70 valence electrons. The van der Waals surface area contributed by atoms with Gasteiger partial charge in [0.1, 0.15) is 5.78 Å². The first-order chi connectivity index (χ1) is 6.20. The van der Waals surface area contributed by atoms with Gasteiger partial charge in [0.2, 0.25) is 0 Å². The molecule has 1 saturated carbocycles. The van der Waals surface area contributed by atoms with Gasteiger partial charge >= 0.3 is 0 Å². The van der Waals surface area contributed by atoms with E-state index in [0.29, 0.717) is 17.2 Å². The zero-order chi connectivity index (χ0) is 9.42. The number of ketones is 1. The Hall–Kier alpha value is -0.830. The van der Waals surface area contributed by atoms with Crippen molar-refractivity contribution in [1.29, 1.82) is 0 Å². The lowest BCUT2D eigenvalue weighted by Crippen LogP contribution is -2.10. The quantitative estimate of drug-likeness (QED) is 0.691. The molecule has 0 aliphatic heterocycles. The number of hydrogen-bond acceptors (Lipinski definition) is 2. The van der Waals surface area contributed by atoms with Crippen LogP contribution in [0.2, 0.25) is 5.02 Å². The summed E-state index contributed by atoms with van der Waals surface area (Å²) in [5.41, 5.74) is 0.879. The largest absolute Gasteiger partial charge is 0.299 e. The molecule has 0 aromatic carbocycles. The number of halogens is 1. The van der Waals surface area contributed by atoms with Crippen LogP contribution in [0.3, 0.4) is 0 Å². The Bertz CT molecular complexity index is 326. The Labute approximate surface area is 81.7 Å². The van der Waals surface area contributed by atoms with Crippen molar-refractivity contribution in [2.75, 3.05) is 0 Å². The number of aryl methyl sites for hydroxylation is 1. The van der Waals surface area contributed by atoms with Crippen molar-refractivity contribution >= 4 is 17.4 Å². The van der Waals surface area contributed by atoms with Gasteiger partial charge in [-0.25, -0.2) is 0 Å². The number of carbonyl (C=O) groups excluding carboxylic acids is 1. The SMILES string of the molecule is Cn1ncc(Cl)c1C1CCCC1=O. The third-order valence-electron chi connectivity index (χ3n) is 2.57. The lowest BCUT2D eigenvalue weighted by atomic mass is 10.0. The molecule has 0 bridgehead atoms. The van der Waals surface area contributed by atoms with Gasteiger partial charge < -0.3 is 0 Å². The molecule has 1 fully saturated rings. The van der Waals surface area contributed by atoms with E-state index in [2.05, 4.69) is 5.10 Å². The lowest BCUT2D eigenvalue weighted by molar-refractivity contribution is -0.118. The van der Waals surface area contributed by atoms with Crippen molar-refractivity contribution in [2.45, 2.75) is 25.2 Å². The zero-order valence-corrected chi connectivity index (χ0v) is 8.21. The summed E-state index contributed by atoms with van der Waals surface area (Å²) in [5, 5.41) is 4.64. The summed E-state index contributed by atoms with van der Waals surface area (Å²) in [5.74, 6) is 0.283. The maximum Gasteiger partial charge on any atom is 0.141 e. The zero-order valence-electron chi connectivity index (χ0n) is 7.46. The second-order valence-corrected chi connectivity index (χ2v) is 3.82. The summed E-state index contributed by atoms with van der Waals surface area (Å²) >= 11 is 5.95. The monoisotopic (exact) mass is 198 g/mol. The standard InChI is InChI=1S/C9H11ClN2O/c1-12-9(7(10)5-11-12)6-3-2-4-8(6)13/h5-6H,2-4H2,1H3. The van der Waals surface area contributed by atoms with Crippen molar-refractivity contribution in [3.8, 4) is 0 Å². The Morgan fingerprint density at radius 1 is 1.69 bits per heavy atom. The molecule has 4 heteroatoms. The molecule has 13 heavy (non-hydrogen) atoms. The highest BCUT2D eigenvalue weighted by atomic mass is 35.5. The van der Waals surface area contributed by atoms with Gasteiger partial charge in [-0.15, -0.1) is 0 Å². The maximum atomic E-state index is 11.5. The molecule has 1 atom stereocenters. The topological polar surface area (TPSA) is 34.9 Å². The van der Waals surface area contributed by atoms with E-state index in [4.69, 9.17) is 11.6 Å². The summed E-state index contributed by atoms with van der Waals surface area (Å²) in [4.78, 5) is 11.5. The molecule has 0 saturated heterocycles. The van der Waals surface area contributed by atoms with E-state index in [1.165, 1.54) is 0 Å². The number of nitrogens with zero attached hydrogens (tertiary/aromatic N) is 2. The number of aromatic nitrogens is 2. The van der Waals surface area contributed by atoms with Crippen molar-refractivity contribution in [3.63, 3.8) is 0 Å². The Morgan fingerprint density at radius 3 is 2.92 bits per heavy atom. The molecule has 0 amide bonds. The van der Waals surface area contributed by atoms with Gasteiger partial charge in [-0.2, -0.15) is 5.10 Å². The van der Waals surface area contributed by atoms with E-state index in [0.717, 1.165) is 18.5 Å². The van der Waals surface area contributed by atoms with Gasteiger partial charge in [-0.3, -0.25) is 9.48 Å². The van der Waals surface area contributed by atoms with Crippen LogP contribution in [0.1, 0.15) is 30.9 Å². The van der Waals surface area contributed by atoms with Crippen LogP contribution in [0.5, 0.6) is 0 Å². The molecule has 3 nitrogen and oxygen atoms in total. The fourth-order valence-corrected chi connectivity index (χ4v) is 2.21. The van der Waals surface area contributed by atoms with Crippen molar-refractivity contribution in [3.05, 3.63) is 16.9 Å². The molecule has 1 heterocycles. The summed E-state index contributed by atoms with van der Waals surface area (Å²) < 4.78 is 1.70. The minimum atomic E-state index is -0.0139. The molecule has 1 aromatic heterocycles. The van der Waals surface area contributed by atoms with E-state index < -0.39 is 0 Å². The second kappa shape index (κ2) is 3.14. The molecule has 2 rings (SSSR count). The summed E-state index contributed by atoms with van der Waals surface area (Å²) in [6.45, 7) is 0. The van der Waals surface area contributed by atoms with Gasteiger partial charge in [0.15, 0.2) is 0 Å². The van der Waals surface area contributed by atoms with Crippen molar-refractivity contribution < 1.29 is 4.79 Å². The predicted molar refractivity (Wildman–Crippen MR) is 49.8 cm³/mol. The molecule has 0 N–H and O–H groups in total. The minimum Gasteiger partial charge on any atom is -0.299 e. The Kier molecular flexibility index (Phi) is 2.12. The molecule has 0 radical (unpaired) electrons. The first kappa shape index (κ1) is 8.75. The first-order valence-electron chi connectivity index (χ1n) is 4.40. The second-order valence-electron chi connectivity index (χ2n) is 3.41. The molecule has 1 aliphatic rings. The van der Waals surface area contributed by atoms with Gasteiger partial charge in [0.05, 0.1) is 22.8 Å². The number of hydrogen-bond donors (Lipinski definition) is 0. The summed E-state index contributed by atoms with van der Waals surface area (Å²) in [6, 6.07) is 0. The molecule has 1 aromatic rings. The van der Waals surface area contributed by atoms with E-state index in [9.17, 15) is 4.79 Å². The number of Topliss-reactive ketones (excluding diaryl/α,β-unsaturated/α-hetero) is 1. The normalized spacial score (nSPS) is 22.6. The van der Waals surface area contributed by atoms with Crippen LogP contribution < -0.4 is 0 Å². The van der Waals surface area contributed by atoms with Gasteiger partial charge in [0, 0.05) is 13.5 Å². The van der Waals surface area contributed by atoms with E-state index in [1.54, 1.807) is 10.9 Å². The molecule has 0 spiro atoms. The van der Waals surface area contributed by atoms with Gasteiger partial charge in [0.25, 0.3) is 0 Å². The molecular weight excluding hydrogens is 188 g/mol. The van der Waals surface area contributed by atoms with E-state index >= 15 is 0 Å². The lowest BCUT2D eigenvalue weighted by Gasteiger charge is -2.08. The van der Waals surface area contributed by atoms with Crippen LogP contribution in [0.15, 0.2) is 6.20 Å². The smallest absolute Gasteiger partial charge is 0.141 e. The minimum absolute atomic E-state index is 0.0139. The highest BCUT2D eigenvalue weighted by Gasteiger charge is 2.30. The van der Waals surface area contributed by atoms with Crippen molar-refractivity contribution in [2.24, 2.45) is 7.05 Å². The Balaban J connectivity index is 2.39. The number of carbonyl (C=O) groups is 1. The van der Waals surface area contributed by atoms with Gasteiger partial charge in [-0.1, -0.05) is 11.6 Å².